The highest BCUT2D eigenvalue weighted by Crippen LogP contribution is 2.34. The van der Waals surface area contributed by atoms with Crippen molar-refractivity contribution in [3.63, 3.8) is 0 Å². The summed E-state index contributed by atoms with van der Waals surface area (Å²) < 4.78 is 5.44. The van der Waals surface area contributed by atoms with Gasteiger partial charge in [0.2, 0.25) is 0 Å². The van der Waals surface area contributed by atoms with Crippen LogP contribution >= 0.6 is 0 Å². The predicted molar refractivity (Wildman–Crippen MR) is 204 cm³/mol. The Bertz CT molecular complexity index is 1900. The highest BCUT2D eigenvalue weighted by Gasteiger charge is 2.23. The second kappa shape index (κ2) is 16.5. The second-order valence-electron chi connectivity index (χ2n) is 14.0. The molecule has 2 fully saturated rings. The Labute approximate surface area is 306 Å². The van der Waals surface area contributed by atoms with Gasteiger partial charge in [-0.05, 0) is 98.2 Å². The van der Waals surface area contributed by atoms with Gasteiger partial charge < -0.3 is 25.2 Å². The minimum Gasteiger partial charge on any atom is -0.379 e. The molecule has 2 saturated heterocycles. The lowest BCUT2D eigenvalue weighted by Crippen LogP contribution is -2.41. The van der Waals surface area contributed by atoms with Crippen LogP contribution in [0.25, 0.3) is 11.3 Å². The summed E-state index contributed by atoms with van der Waals surface area (Å²) in [6.07, 6.45) is 8.07. The van der Waals surface area contributed by atoms with Gasteiger partial charge in [-0.2, -0.15) is 0 Å². The van der Waals surface area contributed by atoms with E-state index in [1.54, 1.807) is 54.5 Å². The molecule has 0 spiro atoms. The average molecular weight is 701 g/mol. The van der Waals surface area contributed by atoms with Gasteiger partial charge in [-0.1, -0.05) is 30.3 Å². The molecular weight excluding hydrogens is 652 g/mol. The first-order valence-corrected chi connectivity index (χ1v) is 18.6. The highest BCUT2D eigenvalue weighted by atomic mass is 16.5. The van der Waals surface area contributed by atoms with Crippen LogP contribution in [0.4, 0.5) is 11.4 Å². The SMILES string of the molecule is CN(CCN1CCOCC1)C(=O)c1cccc(C(=O)Nc2ccc(N3CCCCC3)cc2-c2cc(C(=O)N[C@H]3CCCc4ccccc43)ccn2)c1. The van der Waals surface area contributed by atoms with Gasteiger partial charge in [-0.25, -0.2) is 0 Å². The number of amides is 3. The summed E-state index contributed by atoms with van der Waals surface area (Å²) in [5.41, 5.74) is 6.77. The van der Waals surface area contributed by atoms with E-state index >= 15 is 0 Å². The number of nitrogens with zero attached hydrogens (tertiary/aromatic N) is 4. The summed E-state index contributed by atoms with van der Waals surface area (Å²) >= 11 is 0. The van der Waals surface area contributed by atoms with E-state index in [-0.39, 0.29) is 23.8 Å². The van der Waals surface area contributed by atoms with Crippen molar-refractivity contribution in [1.82, 2.24) is 20.1 Å². The van der Waals surface area contributed by atoms with E-state index in [2.05, 4.69) is 44.7 Å². The number of fused-ring (bicyclic) bond motifs is 1. The van der Waals surface area contributed by atoms with E-state index in [1.165, 1.54) is 17.5 Å². The number of pyridine rings is 1. The van der Waals surface area contributed by atoms with Crippen LogP contribution in [0, 0.1) is 0 Å². The summed E-state index contributed by atoms with van der Waals surface area (Å²) in [4.78, 5) is 51.9. The summed E-state index contributed by atoms with van der Waals surface area (Å²) in [5, 5.41) is 6.37. The van der Waals surface area contributed by atoms with Crippen LogP contribution in [-0.4, -0.2) is 92.0 Å². The third-order valence-corrected chi connectivity index (χ3v) is 10.5. The number of ether oxygens (including phenoxy) is 1. The van der Waals surface area contributed by atoms with Crippen LogP contribution in [0.15, 0.2) is 85.1 Å². The Morgan fingerprint density at radius 1 is 0.827 bits per heavy atom. The molecule has 1 aromatic heterocycles. The number of hydrogen-bond donors (Lipinski definition) is 2. The van der Waals surface area contributed by atoms with Crippen molar-refractivity contribution < 1.29 is 19.1 Å². The van der Waals surface area contributed by atoms with E-state index in [4.69, 9.17) is 9.72 Å². The third-order valence-electron chi connectivity index (χ3n) is 10.5. The quantitative estimate of drug-likeness (QED) is 0.203. The monoisotopic (exact) mass is 700 g/mol. The van der Waals surface area contributed by atoms with Crippen molar-refractivity contribution >= 4 is 29.1 Å². The molecule has 3 aliphatic rings. The first kappa shape index (κ1) is 35.3. The molecule has 270 valence electrons. The van der Waals surface area contributed by atoms with Crippen molar-refractivity contribution in [2.45, 2.75) is 44.6 Å². The van der Waals surface area contributed by atoms with Crippen LogP contribution in [-0.2, 0) is 11.2 Å². The topological polar surface area (TPSA) is 107 Å². The standard InChI is InChI=1S/C42H48N6O4/c1-46(21-22-47-23-25-52-26-24-47)42(51)33-12-7-11-31(27-33)40(49)45-38-16-15-34(48-19-5-2-6-20-48)29-36(38)39-28-32(17-18-43-39)41(50)44-37-14-8-10-30-9-3-4-13-35(30)37/h3-4,7,9,11-13,15-18,27-29,37H,2,5-6,8,10,14,19-26H2,1H3,(H,44,50)(H,45,49)/t37-/m0/s1. The molecule has 3 heterocycles. The van der Waals surface area contributed by atoms with Gasteiger partial charge in [-0.3, -0.25) is 24.3 Å². The molecule has 0 bridgehead atoms. The number of benzene rings is 3. The van der Waals surface area contributed by atoms with E-state index in [1.807, 2.05) is 18.2 Å². The summed E-state index contributed by atoms with van der Waals surface area (Å²) in [7, 11) is 1.79. The lowest BCUT2D eigenvalue weighted by atomic mass is 9.87. The molecule has 7 rings (SSSR count). The number of morpholine rings is 1. The fourth-order valence-corrected chi connectivity index (χ4v) is 7.49. The van der Waals surface area contributed by atoms with E-state index in [0.717, 1.165) is 76.1 Å². The molecular formula is C42H48N6O4. The number of carbonyl (C=O) groups is 3. The van der Waals surface area contributed by atoms with Gasteiger partial charge in [0.15, 0.2) is 0 Å². The maximum Gasteiger partial charge on any atom is 0.255 e. The van der Waals surface area contributed by atoms with Gasteiger partial charge in [0.1, 0.15) is 0 Å². The Morgan fingerprint density at radius 3 is 2.46 bits per heavy atom. The molecule has 2 aliphatic heterocycles. The maximum atomic E-state index is 13.8. The smallest absolute Gasteiger partial charge is 0.255 e. The molecule has 2 N–H and O–H groups in total. The van der Waals surface area contributed by atoms with Crippen LogP contribution in [0.1, 0.15) is 80.3 Å². The van der Waals surface area contributed by atoms with Crippen molar-refractivity contribution in [3.05, 3.63) is 113 Å². The Hall–Kier alpha value is -5.06. The highest BCUT2D eigenvalue weighted by molar-refractivity contribution is 6.08. The number of likely N-dealkylation sites (N-methyl/N-ethyl adjacent to an activating group) is 1. The van der Waals surface area contributed by atoms with Crippen LogP contribution in [0.3, 0.4) is 0 Å². The lowest BCUT2D eigenvalue weighted by molar-refractivity contribution is 0.0338. The first-order chi connectivity index (χ1) is 25.4. The number of aromatic nitrogens is 1. The van der Waals surface area contributed by atoms with E-state index in [0.29, 0.717) is 47.8 Å². The summed E-state index contributed by atoms with van der Waals surface area (Å²) in [6.45, 7) is 6.43. The van der Waals surface area contributed by atoms with E-state index < -0.39 is 0 Å². The zero-order valence-corrected chi connectivity index (χ0v) is 30.0. The Kier molecular flexibility index (Phi) is 11.2. The molecule has 0 unspecified atom stereocenters. The molecule has 52 heavy (non-hydrogen) atoms. The van der Waals surface area contributed by atoms with Gasteiger partial charge in [-0.15, -0.1) is 0 Å². The normalized spacial score (nSPS) is 17.6. The molecule has 3 aromatic carbocycles. The van der Waals surface area contributed by atoms with Crippen LogP contribution < -0.4 is 15.5 Å². The summed E-state index contributed by atoms with van der Waals surface area (Å²) in [6, 6.07) is 24.7. The number of aryl methyl sites for hydroxylation is 1. The predicted octanol–water partition coefficient (Wildman–Crippen LogP) is 6.20. The average Bonchev–Trinajstić information content (AvgIpc) is 3.20. The fraction of sp³-hybridized carbons (Fsp3) is 0.381. The third kappa shape index (κ3) is 8.35. The van der Waals surface area contributed by atoms with Crippen molar-refractivity contribution in [2.75, 3.05) is 69.7 Å². The van der Waals surface area contributed by atoms with Crippen molar-refractivity contribution in [1.29, 1.82) is 0 Å². The number of piperidine rings is 1. The lowest BCUT2D eigenvalue weighted by Gasteiger charge is -2.29. The van der Waals surface area contributed by atoms with Gasteiger partial charge >= 0.3 is 0 Å². The number of carbonyl (C=O) groups excluding carboxylic acids is 3. The number of hydrogen-bond acceptors (Lipinski definition) is 7. The largest absolute Gasteiger partial charge is 0.379 e. The van der Waals surface area contributed by atoms with E-state index in [9.17, 15) is 14.4 Å². The molecule has 10 nitrogen and oxygen atoms in total. The zero-order valence-electron chi connectivity index (χ0n) is 30.0. The van der Waals surface area contributed by atoms with Gasteiger partial charge in [0.05, 0.1) is 30.6 Å². The number of rotatable bonds is 10. The minimum atomic E-state index is -0.331. The van der Waals surface area contributed by atoms with Crippen LogP contribution in [0.2, 0.25) is 0 Å². The first-order valence-electron chi connectivity index (χ1n) is 18.6. The van der Waals surface area contributed by atoms with Gasteiger partial charge in [0, 0.05) is 80.5 Å². The summed E-state index contributed by atoms with van der Waals surface area (Å²) in [5.74, 6) is -0.618. The molecule has 0 saturated carbocycles. The Balaban J connectivity index is 1.11. The van der Waals surface area contributed by atoms with Crippen LogP contribution in [0.5, 0.6) is 0 Å². The molecule has 0 radical (unpaired) electrons. The Morgan fingerprint density at radius 2 is 1.62 bits per heavy atom. The molecule has 4 aromatic rings. The zero-order chi connectivity index (χ0) is 35.9. The number of anilines is 2. The second-order valence-corrected chi connectivity index (χ2v) is 14.0. The molecule has 1 aliphatic carbocycles. The molecule has 10 heteroatoms. The number of nitrogens with one attached hydrogen (secondary N) is 2. The molecule has 1 atom stereocenters. The minimum absolute atomic E-state index is 0.0430. The maximum absolute atomic E-state index is 13.8. The van der Waals surface area contributed by atoms with Crippen molar-refractivity contribution in [3.8, 4) is 11.3 Å². The fourth-order valence-electron chi connectivity index (χ4n) is 7.49. The molecule has 3 amide bonds. The van der Waals surface area contributed by atoms with Gasteiger partial charge in [0.25, 0.3) is 17.7 Å². The van der Waals surface area contributed by atoms with Crippen molar-refractivity contribution in [2.24, 2.45) is 0 Å².